The fraction of sp³-hybridized carbons (Fsp3) is 0.600. The zero-order chi connectivity index (χ0) is 9.42. The number of cyclic esters (lactones) is 2. The Hall–Kier alpha value is -1.12. The van der Waals surface area contributed by atoms with Gasteiger partial charge in [0.05, 0.1) is 11.8 Å². The van der Waals surface area contributed by atoms with E-state index in [0.29, 0.717) is 0 Å². The highest BCUT2D eigenvalue weighted by Gasteiger charge is 2.44. The van der Waals surface area contributed by atoms with Gasteiger partial charge in [-0.2, -0.15) is 0 Å². The third-order valence-electron chi connectivity index (χ3n) is 2.86. The van der Waals surface area contributed by atoms with Gasteiger partial charge in [-0.25, -0.2) is 0 Å². The molecule has 1 aliphatic carbocycles. The number of ether oxygens (including phenoxy) is 1. The molecule has 0 saturated carbocycles. The molecule has 3 nitrogen and oxygen atoms in total. The molecule has 2 aliphatic rings. The zero-order valence-electron chi connectivity index (χ0n) is 7.58. The first kappa shape index (κ1) is 8.48. The van der Waals surface area contributed by atoms with E-state index in [0.717, 1.165) is 19.3 Å². The highest BCUT2D eigenvalue weighted by atomic mass is 16.6. The van der Waals surface area contributed by atoms with Crippen LogP contribution in [0.15, 0.2) is 11.6 Å². The van der Waals surface area contributed by atoms with Gasteiger partial charge in [0.15, 0.2) is 0 Å². The van der Waals surface area contributed by atoms with Crippen molar-refractivity contribution in [3.63, 3.8) is 0 Å². The Morgan fingerprint density at radius 3 is 2.92 bits per heavy atom. The van der Waals surface area contributed by atoms with Crippen molar-refractivity contribution in [3.05, 3.63) is 11.6 Å². The van der Waals surface area contributed by atoms with Crippen LogP contribution in [0.1, 0.15) is 26.2 Å². The fourth-order valence-corrected chi connectivity index (χ4v) is 2.01. The lowest BCUT2D eigenvalue weighted by Gasteiger charge is -2.18. The first-order valence-electron chi connectivity index (χ1n) is 4.67. The van der Waals surface area contributed by atoms with Gasteiger partial charge < -0.3 is 4.74 Å². The molecule has 1 fully saturated rings. The van der Waals surface area contributed by atoms with Crippen LogP contribution in [0.3, 0.4) is 0 Å². The molecular formula is C10H12O3. The predicted molar refractivity (Wildman–Crippen MR) is 45.7 cm³/mol. The van der Waals surface area contributed by atoms with Crippen molar-refractivity contribution in [2.75, 3.05) is 0 Å². The first-order valence-corrected chi connectivity index (χ1v) is 4.67. The summed E-state index contributed by atoms with van der Waals surface area (Å²) in [5, 5.41) is 0. The summed E-state index contributed by atoms with van der Waals surface area (Å²) >= 11 is 0. The molecule has 0 bridgehead atoms. The van der Waals surface area contributed by atoms with Gasteiger partial charge in [-0.1, -0.05) is 18.6 Å². The molecule has 3 heteroatoms. The zero-order valence-corrected chi connectivity index (χ0v) is 7.58. The molecule has 1 saturated heterocycles. The van der Waals surface area contributed by atoms with Crippen molar-refractivity contribution in [1.82, 2.24) is 0 Å². The van der Waals surface area contributed by atoms with E-state index in [1.807, 2.05) is 6.08 Å². The molecule has 0 radical (unpaired) electrons. The minimum absolute atomic E-state index is 0.192. The Bertz CT molecular complexity index is 291. The molecule has 70 valence electrons. The van der Waals surface area contributed by atoms with Gasteiger partial charge in [-0.15, -0.1) is 0 Å². The Morgan fingerprint density at radius 1 is 1.46 bits per heavy atom. The Labute approximate surface area is 76.8 Å². The van der Waals surface area contributed by atoms with Crippen LogP contribution >= 0.6 is 0 Å². The van der Waals surface area contributed by atoms with Gasteiger partial charge in [0.2, 0.25) is 0 Å². The van der Waals surface area contributed by atoms with Crippen molar-refractivity contribution in [2.24, 2.45) is 11.8 Å². The molecule has 0 aromatic rings. The fourth-order valence-electron chi connectivity index (χ4n) is 2.01. The molecule has 2 rings (SSSR count). The monoisotopic (exact) mass is 180 g/mol. The number of hydrogen-bond acceptors (Lipinski definition) is 3. The van der Waals surface area contributed by atoms with Gasteiger partial charge >= 0.3 is 11.9 Å². The first-order chi connectivity index (χ1) is 6.22. The van der Waals surface area contributed by atoms with Crippen LogP contribution in [0, 0.1) is 11.8 Å². The lowest BCUT2D eigenvalue weighted by atomic mass is 9.82. The third-order valence-corrected chi connectivity index (χ3v) is 2.86. The number of hydrogen-bond donors (Lipinski definition) is 0. The van der Waals surface area contributed by atoms with Crippen LogP contribution in [0.2, 0.25) is 0 Å². The third kappa shape index (κ3) is 1.28. The second-order valence-corrected chi connectivity index (χ2v) is 3.59. The lowest BCUT2D eigenvalue weighted by molar-refractivity contribution is -0.153. The summed E-state index contributed by atoms with van der Waals surface area (Å²) in [6.45, 7) is 2.06. The maximum atomic E-state index is 11.2. The smallest absolute Gasteiger partial charge is 0.321 e. The summed E-state index contributed by atoms with van der Waals surface area (Å²) in [5.41, 5.74) is 1.27. The standard InChI is InChI=1S/C10H12O3/c1-2-6-3-4-7-8(5-6)10(12)13-9(7)11/h5,7-8H,2-4H2,1H3/t7-,8+/m1/s1. The van der Waals surface area contributed by atoms with Crippen LogP contribution in [0.25, 0.3) is 0 Å². The second kappa shape index (κ2) is 2.98. The molecule has 2 atom stereocenters. The lowest BCUT2D eigenvalue weighted by Crippen LogP contribution is -2.20. The Balaban J connectivity index is 2.26. The van der Waals surface area contributed by atoms with E-state index in [-0.39, 0.29) is 23.8 Å². The normalized spacial score (nSPS) is 32.5. The average Bonchev–Trinajstić information content (AvgIpc) is 2.42. The topological polar surface area (TPSA) is 43.4 Å². The predicted octanol–water partition coefficient (Wildman–Crippen LogP) is 1.43. The highest BCUT2D eigenvalue weighted by molar-refractivity contribution is 5.97. The molecule has 0 amide bonds. The molecule has 0 N–H and O–H groups in total. The van der Waals surface area contributed by atoms with E-state index >= 15 is 0 Å². The van der Waals surface area contributed by atoms with Crippen molar-refractivity contribution < 1.29 is 14.3 Å². The maximum Gasteiger partial charge on any atom is 0.321 e. The minimum atomic E-state index is -0.361. The number of allylic oxidation sites excluding steroid dienone is 1. The summed E-state index contributed by atoms with van der Waals surface area (Å²) in [6, 6.07) is 0. The van der Waals surface area contributed by atoms with Crippen LogP contribution < -0.4 is 0 Å². The van der Waals surface area contributed by atoms with Crippen molar-refractivity contribution in [2.45, 2.75) is 26.2 Å². The molecule has 0 spiro atoms. The van der Waals surface area contributed by atoms with E-state index in [4.69, 9.17) is 0 Å². The molecular weight excluding hydrogens is 168 g/mol. The summed E-state index contributed by atoms with van der Waals surface area (Å²) in [6.07, 6.45) is 4.58. The molecule has 1 aliphatic heterocycles. The summed E-state index contributed by atoms with van der Waals surface area (Å²) in [4.78, 5) is 22.3. The summed E-state index contributed by atoms with van der Waals surface area (Å²) < 4.78 is 4.58. The van der Waals surface area contributed by atoms with Crippen LogP contribution in [0.5, 0.6) is 0 Å². The van der Waals surface area contributed by atoms with Crippen molar-refractivity contribution in [3.8, 4) is 0 Å². The van der Waals surface area contributed by atoms with E-state index < -0.39 is 0 Å². The van der Waals surface area contributed by atoms with Gasteiger partial charge in [0.1, 0.15) is 0 Å². The van der Waals surface area contributed by atoms with Crippen LogP contribution in [-0.4, -0.2) is 11.9 Å². The highest BCUT2D eigenvalue weighted by Crippen LogP contribution is 2.35. The molecule has 13 heavy (non-hydrogen) atoms. The number of rotatable bonds is 1. The van der Waals surface area contributed by atoms with Gasteiger partial charge in [-0.3, -0.25) is 9.59 Å². The molecule has 0 unspecified atom stereocenters. The minimum Gasteiger partial charge on any atom is -0.392 e. The maximum absolute atomic E-state index is 11.2. The molecule has 0 aromatic heterocycles. The quantitative estimate of drug-likeness (QED) is 0.348. The summed E-state index contributed by atoms with van der Waals surface area (Å²) in [5.74, 6) is -1.17. The Kier molecular flexibility index (Phi) is 1.94. The van der Waals surface area contributed by atoms with Crippen LogP contribution in [0.4, 0.5) is 0 Å². The second-order valence-electron chi connectivity index (χ2n) is 3.59. The largest absolute Gasteiger partial charge is 0.392 e. The van der Waals surface area contributed by atoms with Crippen molar-refractivity contribution in [1.29, 1.82) is 0 Å². The number of carbonyl (C=O) groups is 2. The number of carbonyl (C=O) groups excluding carboxylic acids is 2. The molecule has 1 heterocycles. The molecule has 0 aromatic carbocycles. The van der Waals surface area contributed by atoms with Gasteiger partial charge in [-0.05, 0) is 19.3 Å². The van der Waals surface area contributed by atoms with E-state index in [1.54, 1.807) is 0 Å². The summed E-state index contributed by atoms with van der Waals surface area (Å²) in [7, 11) is 0. The average molecular weight is 180 g/mol. The number of fused-ring (bicyclic) bond motifs is 1. The van der Waals surface area contributed by atoms with E-state index in [9.17, 15) is 9.59 Å². The Morgan fingerprint density at radius 2 is 2.23 bits per heavy atom. The van der Waals surface area contributed by atoms with E-state index in [1.165, 1.54) is 5.57 Å². The van der Waals surface area contributed by atoms with Crippen molar-refractivity contribution >= 4 is 11.9 Å². The SMILES string of the molecule is CCC1=C[C@@H]2C(=O)OC(=O)[C@@H]2CC1. The van der Waals surface area contributed by atoms with Gasteiger partial charge in [0.25, 0.3) is 0 Å². The van der Waals surface area contributed by atoms with Crippen LogP contribution in [-0.2, 0) is 14.3 Å². The number of esters is 2. The van der Waals surface area contributed by atoms with Gasteiger partial charge in [0, 0.05) is 0 Å². The van der Waals surface area contributed by atoms with E-state index in [2.05, 4.69) is 11.7 Å².